The van der Waals surface area contributed by atoms with Crippen molar-refractivity contribution in [3.63, 3.8) is 0 Å². The summed E-state index contributed by atoms with van der Waals surface area (Å²) in [4.78, 5) is 16.2. The molecule has 156 valence electrons. The molecule has 1 aromatic heterocycles. The normalized spacial score (nSPS) is 19.1. The molecule has 0 spiro atoms. The highest BCUT2D eigenvalue weighted by atomic mass is 32.2. The number of likely N-dealkylation sites (N-methyl/N-ethyl adjacent to an activating group) is 1. The summed E-state index contributed by atoms with van der Waals surface area (Å²) in [6, 6.07) is 9.07. The quantitative estimate of drug-likeness (QED) is 0.652. The van der Waals surface area contributed by atoms with Crippen LogP contribution in [0.3, 0.4) is 0 Å². The molecule has 0 unspecified atom stereocenters. The summed E-state index contributed by atoms with van der Waals surface area (Å²) in [5.41, 5.74) is 1.13. The zero-order valence-electron chi connectivity index (χ0n) is 16.2. The number of carbonyl (C=O) groups is 1. The molecule has 10 heteroatoms. The Bertz CT molecular complexity index is 1080. The van der Waals surface area contributed by atoms with Crippen LogP contribution >= 0.6 is 0 Å². The van der Waals surface area contributed by atoms with Crippen molar-refractivity contribution in [1.29, 1.82) is 0 Å². The minimum atomic E-state index is -3.75. The predicted molar refractivity (Wildman–Crippen MR) is 109 cm³/mol. The van der Waals surface area contributed by atoms with Crippen molar-refractivity contribution in [1.82, 2.24) is 9.29 Å². The van der Waals surface area contributed by atoms with Gasteiger partial charge < -0.3 is 0 Å². The number of sulfonamides is 2. The third kappa shape index (κ3) is 4.34. The average Bonchev–Trinajstić information content (AvgIpc) is 2.89. The molecule has 0 bridgehead atoms. The maximum atomic E-state index is 13.0. The molecule has 1 aliphatic rings. The fourth-order valence-corrected chi connectivity index (χ4v) is 6.51. The Morgan fingerprint density at radius 3 is 2.28 bits per heavy atom. The molecule has 1 atom stereocenters. The smallest absolute Gasteiger partial charge is 0.244 e. The topological polar surface area (TPSA) is 105 Å². The lowest BCUT2D eigenvalue weighted by Crippen LogP contribution is -2.33. The van der Waals surface area contributed by atoms with Crippen molar-refractivity contribution >= 4 is 31.6 Å². The van der Waals surface area contributed by atoms with E-state index in [0.29, 0.717) is 19.5 Å². The number of hydrogen-bond donors (Lipinski definition) is 0. The number of benzene rings is 1. The maximum Gasteiger partial charge on any atom is 0.244 e. The monoisotopic (exact) mass is 437 g/mol. The molecule has 2 aromatic rings. The van der Waals surface area contributed by atoms with Crippen molar-refractivity contribution in [2.75, 3.05) is 23.1 Å². The third-order valence-electron chi connectivity index (χ3n) is 4.82. The number of pyridine rings is 1. The molecule has 1 aliphatic heterocycles. The van der Waals surface area contributed by atoms with Crippen molar-refractivity contribution in [2.45, 2.75) is 25.2 Å². The van der Waals surface area contributed by atoms with E-state index in [4.69, 9.17) is 0 Å². The summed E-state index contributed by atoms with van der Waals surface area (Å²) in [6.45, 7) is 3.92. The van der Waals surface area contributed by atoms with Crippen LogP contribution in [0.2, 0.25) is 0 Å². The van der Waals surface area contributed by atoms with Gasteiger partial charge in [0.25, 0.3) is 0 Å². The van der Waals surface area contributed by atoms with Crippen LogP contribution in [0, 0.1) is 5.92 Å². The van der Waals surface area contributed by atoms with Gasteiger partial charge in [-0.05, 0) is 48.4 Å². The molecule has 2 heterocycles. The van der Waals surface area contributed by atoms with Gasteiger partial charge in [0, 0.05) is 25.5 Å². The van der Waals surface area contributed by atoms with E-state index < -0.39 is 31.9 Å². The Morgan fingerprint density at radius 1 is 1.14 bits per heavy atom. The SMILES string of the molecule is CCN(CCc1ccncc1)S(=O)(=O)c1ccc(N2C(=O)[C@@H](C)CS2(=O)=O)cc1. The molecule has 3 rings (SSSR count). The number of anilines is 1. The molecular weight excluding hydrogens is 414 g/mol. The molecule has 1 aromatic carbocycles. The van der Waals surface area contributed by atoms with Gasteiger partial charge in [0.1, 0.15) is 0 Å². The summed E-state index contributed by atoms with van der Waals surface area (Å²) in [7, 11) is -7.48. The highest BCUT2D eigenvalue weighted by molar-refractivity contribution is 7.94. The minimum Gasteiger partial charge on any atom is -0.273 e. The van der Waals surface area contributed by atoms with E-state index in [1.54, 1.807) is 26.2 Å². The third-order valence-corrected chi connectivity index (χ3v) is 8.68. The van der Waals surface area contributed by atoms with E-state index in [0.717, 1.165) is 9.87 Å². The average molecular weight is 438 g/mol. The van der Waals surface area contributed by atoms with Crippen LogP contribution in [-0.2, 0) is 31.3 Å². The summed E-state index contributed by atoms with van der Waals surface area (Å²) in [5.74, 6) is -1.37. The number of carbonyl (C=O) groups excluding carboxylic acids is 1. The largest absolute Gasteiger partial charge is 0.273 e. The fraction of sp³-hybridized carbons (Fsp3) is 0.368. The van der Waals surface area contributed by atoms with E-state index in [9.17, 15) is 21.6 Å². The molecule has 29 heavy (non-hydrogen) atoms. The van der Waals surface area contributed by atoms with Gasteiger partial charge in [-0.25, -0.2) is 21.1 Å². The van der Waals surface area contributed by atoms with Gasteiger partial charge in [-0.2, -0.15) is 4.31 Å². The second-order valence-electron chi connectivity index (χ2n) is 6.88. The first-order valence-electron chi connectivity index (χ1n) is 9.23. The summed E-state index contributed by atoms with van der Waals surface area (Å²) in [5, 5.41) is 0. The lowest BCUT2D eigenvalue weighted by atomic mass is 10.2. The molecule has 1 amide bonds. The van der Waals surface area contributed by atoms with E-state index in [1.807, 2.05) is 12.1 Å². The lowest BCUT2D eigenvalue weighted by Gasteiger charge is -2.21. The zero-order valence-corrected chi connectivity index (χ0v) is 17.9. The Morgan fingerprint density at radius 2 is 1.76 bits per heavy atom. The van der Waals surface area contributed by atoms with E-state index >= 15 is 0 Å². The Hall–Kier alpha value is -2.30. The molecule has 1 fully saturated rings. The van der Waals surface area contributed by atoms with Crippen LogP contribution in [0.5, 0.6) is 0 Å². The Labute approximate surface area is 171 Å². The van der Waals surface area contributed by atoms with Gasteiger partial charge in [0.15, 0.2) is 0 Å². The first-order valence-corrected chi connectivity index (χ1v) is 12.3. The first kappa shape index (κ1) is 21.4. The van der Waals surface area contributed by atoms with Crippen molar-refractivity contribution in [2.24, 2.45) is 5.92 Å². The molecule has 0 N–H and O–H groups in total. The van der Waals surface area contributed by atoms with Gasteiger partial charge in [-0.3, -0.25) is 9.78 Å². The number of hydrogen-bond acceptors (Lipinski definition) is 6. The fourth-order valence-electron chi connectivity index (χ4n) is 3.24. The summed E-state index contributed by atoms with van der Waals surface area (Å²) < 4.78 is 52.5. The Kier molecular flexibility index (Phi) is 6.06. The van der Waals surface area contributed by atoms with E-state index in [2.05, 4.69) is 4.98 Å². The van der Waals surface area contributed by atoms with Crippen molar-refractivity contribution in [3.05, 3.63) is 54.4 Å². The number of aromatic nitrogens is 1. The lowest BCUT2D eigenvalue weighted by molar-refractivity contribution is -0.119. The molecule has 0 radical (unpaired) electrons. The summed E-state index contributed by atoms with van der Waals surface area (Å²) >= 11 is 0. The van der Waals surface area contributed by atoms with Crippen molar-refractivity contribution < 1.29 is 21.6 Å². The van der Waals surface area contributed by atoms with Crippen LogP contribution in [0.25, 0.3) is 0 Å². The molecular formula is C19H23N3O5S2. The van der Waals surface area contributed by atoms with Crippen LogP contribution < -0.4 is 4.31 Å². The standard InChI is InChI=1S/C19H23N3O5S2/c1-3-21(13-10-16-8-11-20-12-9-16)29(26,27)18-6-4-17(5-7-18)22-19(23)15(2)14-28(22,24)25/h4-9,11-12,15H,3,10,13-14H2,1-2H3/t15-/m0/s1. The molecule has 1 saturated heterocycles. The summed E-state index contributed by atoms with van der Waals surface area (Å²) in [6.07, 6.45) is 3.87. The van der Waals surface area contributed by atoms with Crippen LogP contribution in [0.15, 0.2) is 53.7 Å². The number of rotatable bonds is 7. The zero-order chi connectivity index (χ0) is 21.2. The molecule has 0 saturated carbocycles. The highest BCUT2D eigenvalue weighted by Gasteiger charge is 2.42. The van der Waals surface area contributed by atoms with Gasteiger partial charge in [0.05, 0.1) is 22.3 Å². The molecule has 0 aliphatic carbocycles. The van der Waals surface area contributed by atoms with Crippen LogP contribution in [0.4, 0.5) is 5.69 Å². The van der Waals surface area contributed by atoms with Gasteiger partial charge in [-0.1, -0.05) is 13.8 Å². The second kappa shape index (κ2) is 8.21. The van der Waals surface area contributed by atoms with Gasteiger partial charge in [-0.15, -0.1) is 0 Å². The van der Waals surface area contributed by atoms with Gasteiger partial charge >= 0.3 is 0 Å². The number of nitrogens with zero attached hydrogens (tertiary/aromatic N) is 3. The van der Waals surface area contributed by atoms with Gasteiger partial charge in [0.2, 0.25) is 26.0 Å². The first-order chi connectivity index (χ1) is 13.7. The minimum absolute atomic E-state index is 0.0509. The predicted octanol–water partition coefficient (Wildman–Crippen LogP) is 1.65. The Balaban J connectivity index is 1.81. The number of amides is 1. The van der Waals surface area contributed by atoms with E-state index in [1.165, 1.54) is 28.6 Å². The van der Waals surface area contributed by atoms with Crippen LogP contribution in [0.1, 0.15) is 19.4 Å². The highest BCUT2D eigenvalue weighted by Crippen LogP contribution is 2.29. The van der Waals surface area contributed by atoms with Crippen LogP contribution in [-0.4, -0.2) is 50.9 Å². The second-order valence-corrected chi connectivity index (χ2v) is 10.7. The van der Waals surface area contributed by atoms with Crippen molar-refractivity contribution in [3.8, 4) is 0 Å². The maximum absolute atomic E-state index is 13.0. The molecule has 8 nitrogen and oxygen atoms in total. The van der Waals surface area contributed by atoms with E-state index in [-0.39, 0.29) is 16.3 Å².